The highest BCUT2D eigenvalue weighted by Gasteiger charge is 2.42. The van der Waals surface area contributed by atoms with E-state index in [1.54, 1.807) is 11.8 Å². The lowest BCUT2D eigenvalue weighted by molar-refractivity contribution is -0.136. The zero-order valence-electron chi connectivity index (χ0n) is 11.8. The van der Waals surface area contributed by atoms with Crippen LogP contribution in [0.15, 0.2) is 11.3 Å². The number of nitrogens with one attached hydrogen (secondary N) is 1. The molecule has 0 saturated heterocycles. The van der Waals surface area contributed by atoms with E-state index in [1.165, 1.54) is 37.0 Å². The van der Waals surface area contributed by atoms with Crippen molar-refractivity contribution < 1.29 is 9.59 Å². The van der Waals surface area contributed by atoms with Gasteiger partial charge in [0.2, 0.25) is 5.91 Å². The standard InChI is InChI=1S/C15H21ClN2O2/c1-9(19)14-6-11-10-4-2-3-5-12(10)17-13(11)8-18(14)15(20)7-16/h10,12,14,17H,2-8H2,1H3/t10?,12?,14-/m1/s1. The molecule has 3 rings (SSSR count). The largest absolute Gasteiger partial charge is 0.384 e. The number of fused-ring (bicyclic) bond motifs is 2. The fourth-order valence-corrected chi connectivity index (χ4v) is 4.14. The summed E-state index contributed by atoms with van der Waals surface area (Å²) in [6.45, 7) is 2.10. The van der Waals surface area contributed by atoms with Crippen LogP contribution in [0, 0.1) is 5.92 Å². The van der Waals surface area contributed by atoms with Gasteiger partial charge < -0.3 is 10.2 Å². The zero-order chi connectivity index (χ0) is 14.3. The van der Waals surface area contributed by atoms with Gasteiger partial charge in [-0.3, -0.25) is 9.59 Å². The number of rotatable bonds is 2. The van der Waals surface area contributed by atoms with Gasteiger partial charge in [-0.2, -0.15) is 0 Å². The minimum absolute atomic E-state index is 0.0563. The van der Waals surface area contributed by atoms with Crippen molar-refractivity contribution in [2.75, 3.05) is 12.4 Å². The minimum atomic E-state index is -0.317. The van der Waals surface area contributed by atoms with Crippen LogP contribution in [-0.4, -0.2) is 41.1 Å². The second-order valence-electron chi connectivity index (χ2n) is 6.13. The van der Waals surface area contributed by atoms with Crippen LogP contribution in [0.4, 0.5) is 0 Å². The molecule has 0 aromatic heterocycles. The molecule has 2 heterocycles. The molecular formula is C15H21ClN2O2. The van der Waals surface area contributed by atoms with Gasteiger partial charge in [-0.15, -0.1) is 11.6 Å². The van der Waals surface area contributed by atoms with Crippen molar-refractivity contribution in [2.24, 2.45) is 5.92 Å². The topological polar surface area (TPSA) is 49.4 Å². The summed E-state index contributed by atoms with van der Waals surface area (Å²) in [5.74, 6) is 0.442. The van der Waals surface area contributed by atoms with Crippen molar-refractivity contribution in [1.82, 2.24) is 10.2 Å². The Morgan fingerprint density at radius 1 is 1.35 bits per heavy atom. The van der Waals surface area contributed by atoms with Gasteiger partial charge in [-0.1, -0.05) is 12.8 Å². The highest BCUT2D eigenvalue weighted by atomic mass is 35.5. The lowest BCUT2D eigenvalue weighted by Gasteiger charge is -2.35. The van der Waals surface area contributed by atoms with E-state index in [4.69, 9.17) is 11.6 Å². The van der Waals surface area contributed by atoms with Crippen LogP contribution in [0.2, 0.25) is 0 Å². The molecule has 0 aromatic rings. The second kappa shape index (κ2) is 5.40. The Morgan fingerprint density at radius 3 is 2.80 bits per heavy atom. The molecule has 3 atom stereocenters. The monoisotopic (exact) mass is 296 g/mol. The summed E-state index contributed by atoms with van der Waals surface area (Å²) in [5.41, 5.74) is 2.58. The van der Waals surface area contributed by atoms with Crippen LogP contribution in [0.5, 0.6) is 0 Å². The molecule has 0 radical (unpaired) electrons. The summed E-state index contributed by atoms with van der Waals surface area (Å²) in [6.07, 6.45) is 5.65. The SMILES string of the molecule is CC(=O)[C@H]1CC2=C(CN1C(=O)CCl)NC1CCCCC21. The highest BCUT2D eigenvalue weighted by Crippen LogP contribution is 2.41. The predicted octanol–water partition coefficient (Wildman–Crippen LogP) is 1.83. The fourth-order valence-electron chi connectivity index (χ4n) is 3.98. The average molecular weight is 297 g/mol. The summed E-state index contributed by atoms with van der Waals surface area (Å²) in [5, 5.41) is 3.59. The summed E-state index contributed by atoms with van der Waals surface area (Å²) in [4.78, 5) is 25.5. The van der Waals surface area contributed by atoms with Crippen LogP contribution in [0.1, 0.15) is 39.0 Å². The van der Waals surface area contributed by atoms with E-state index in [-0.39, 0.29) is 23.6 Å². The number of ketones is 1. The number of carbonyl (C=O) groups is 2. The number of hydrogen-bond acceptors (Lipinski definition) is 3. The molecule has 1 amide bonds. The first-order valence-electron chi connectivity index (χ1n) is 7.46. The maximum absolute atomic E-state index is 12.0. The number of Topliss-reactive ketones (excluding diaryl/α,β-unsaturated/α-hetero) is 1. The van der Waals surface area contributed by atoms with E-state index in [2.05, 4.69) is 5.32 Å². The molecule has 2 aliphatic heterocycles. The molecule has 4 nitrogen and oxygen atoms in total. The maximum Gasteiger partial charge on any atom is 0.238 e. The fraction of sp³-hybridized carbons (Fsp3) is 0.733. The molecule has 1 N–H and O–H groups in total. The number of hydrogen-bond donors (Lipinski definition) is 1. The number of halogens is 1. The lowest BCUT2D eigenvalue weighted by atomic mass is 9.79. The number of carbonyl (C=O) groups excluding carboxylic acids is 2. The minimum Gasteiger partial charge on any atom is -0.384 e. The first kappa shape index (κ1) is 13.9. The van der Waals surface area contributed by atoms with Crippen molar-refractivity contribution in [3.05, 3.63) is 11.3 Å². The molecule has 2 unspecified atom stereocenters. The maximum atomic E-state index is 12.0. The molecule has 3 aliphatic rings. The molecule has 110 valence electrons. The van der Waals surface area contributed by atoms with E-state index in [9.17, 15) is 9.59 Å². The summed E-state index contributed by atoms with van der Waals surface area (Å²) >= 11 is 5.68. The quantitative estimate of drug-likeness (QED) is 0.791. The van der Waals surface area contributed by atoms with E-state index in [1.807, 2.05) is 0 Å². The van der Waals surface area contributed by atoms with Gasteiger partial charge in [0, 0.05) is 17.7 Å². The Morgan fingerprint density at radius 2 is 2.10 bits per heavy atom. The smallest absolute Gasteiger partial charge is 0.238 e. The third-order valence-corrected chi connectivity index (χ3v) is 5.21. The zero-order valence-corrected chi connectivity index (χ0v) is 12.6. The molecule has 20 heavy (non-hydrogen) atoms. The second-order valence-corrected chi connectivity index (χ2v) is 6.40. The van der Waals surface area contributed by atoms with Crippen LogP contribution in [0.3, 0.4) is 0 Å². The molecule has 0 bridgehead atoms. The van der Waals surface area contributed by atoms with Crippen molar-refractivity contribution in [2.45, 2.75) is 51.1 Å². The van der Waals surface area contributed by atoms with Gasteiger partial charge in [0.25, 0.3) is 0 Å². The van der Waals surface area contributed by atoms with E-state index >= 15 is 0 Å². The first-order chi connectivity index (χ1) is 9.61. The third kappa shape index (κ3) is 2.24. The summed E-state index contributed by atoms with van der Waals surface area (Å²) in [7, 11) is 0. The first-order valence-corrected chi connectivity index (χ1v) is 7.99. The van der Waals surface area contributed by atoms with Gasteiger partial charge in [-0.25, -0.2) is 0 Å². The summed E-state index contributed by atoms with van der Waals surface area (Å²) in [6, 6.07) is 0.204. The summed E-state index contributed by atoms with van der Waals surface area (Å²) < 4.78 is 0. The molecule has 1 fully saturated rings. The Labute approximate surface area is 124 Å². The van der Waals surface area contributed by atoms with Gasteiger partial charge >= 0.3 is 0 Å². The number of amides is 1. The van der Waals surface area contributed by atoms with Crippen molar-refractivity contribution >= 4 is 23.3 Å². The van der Waals surface area contributed by atoms with Crippen LogP contribution < -0.4 is 5.32 Å². The Bertz CT molecular complexity index is 474. The van der Waals surface area contributed by atoms with Crippen molar-refractivity contribution in [3.8, 4) is 0 Å². The van der Waals surface area contributed by atoms with E-state index in [0.29, 0.717) is 24.9 Å². The molecule has 1 aliphatic carbocycles. The van der Waals surface area contributed by atoms with Gasteiger partial charge in [0.15, 0.2) is 5.78 Å². The molecule has 1 saturated carbocycles. The highest BCUT2D eigenvalue weighted by molar-refractivity contribution is 6.27. The Kier molecular flexibility index (Phi) is 3.76. The average Bonchev–Trinajstić information content (AvgIpc) is 2.82. The van der Waals surface area contributed by atoms with Crippen LogP contribution in [0.25, 0.3) is 0 Å². The third-order valence-electron chi connectivity index (χ3n) is 4.98. The van der Waals surface area contributed by atoms with Crippen LogP contribution >= 0.6 is 11.6 Å². The van der Waals surface area contributed by atoms with Gasteiger partial charge in [0.05, 0.1) is 12.6 Å². The van der Waals surface area contributed by atoms with E-state index < -0.39 is 0 Å². The molecule has 0 spiro atoms. The number of nitrogens with zero attached hydrogens (tertiary/aromatic N) is 1. The number of alkyl halides is 1. The van der Waals surface area contributed by atoms with Crippen LogP contribution in [-0.2, 0) is 9.59 Å². The van der Waals surface area contributed by atoms with Crippen molar-refractivity contribution in [1.29, 1.82) is 0 Å². The van der Waals surface area contributed by atoms with Crippen molar-refractivity contribution in [3.63, 3.8) is 0 Å². The Balaban J connectivity index is 1.86. The van der Waals surface area contributed by atoms with Gasteiger partial charge in [0.1, 0.15) is 5.88 Å². The molecular weight excluding hydrogens is 276 g/mol. The molecule has 5 heteroatoms. The molecule has 0 aromatic carbocycles. The normalized spacial score (nSPS) is 32.5. The Hall–Kier alpha value is -1.03. The lowest BCUT2D eigenvalue weighted by Crippen LogP contribution is -2.49. The van der Waals surface area contributed by atoms with Gasteiger partial charge in [-0.05, 0) is 31.8 Å². The van der Waals surface area contributed by atoms with E-state index in [0.717, 1.165) is 0 Å². The predicted molar refractivity (Wildman–Crippen MR) is 77.4 cm³/mol.